The van der Waals surface area contributed by atoms with Gasteiger partial charge in [0.2, 0.25) is 0 Å². The van der Waals surface area contributed by atoms with Crippen LogP contribution in [-0.4, -0.2) is 26.8 Å². The highest BCUT2D eigenvalue weighted by Crippen LogP contribution is 2.21. The minimum atomic E-state index is 0.704. The van der Waals surface area contributed by atoms with Crippen LogP contribution in [0.25, 0.3) is 11.4 Å². The molecule has 2 aromatic heterocycles. The molecule has 0 atom stereocenters. The van der Waals surface area contributed by atoms with Crippen LogP contribution in [0.2, 0.25) is 0 Å². The van der Waals surface area contributed by atoms with E-state index in [4.69, 9.17) is 0 Å². The molecule has 0 saturated carbocycles. The summed E-state index contributed by atoms with van der Waals surface area (Å²) in [6, 6.07) is 0. The fourth-order valence-corrected chi connectivity index (χ4v) is 2.02. The lowest BCUT2D eigenvalue weighted by Gasteiger charge is -2.04. The van der Waals surface area contributed by atoms with Gasteiger partial charge in [-0.1, -0.05) is 0 Å². The first-order valence-corrected chi connectivity index (χ1v) is 5.90. The van der Waals surface area contributed by atoms with E-state index in [1.54, 1.807) is 10.9 Å². The standard InChI is InChI=1S/C10H12IN5/c1-6-7(5-16(3)15-6)9-13-4-8(11)10(12-2)14-9/h4-5H,1-3H3,(H,12,13,14). The van der Waals surface area contributed by atoms with Gasteiger partial charge in [-0.05, 0) is 29.5 Å². The molecule has 0 fully saturated rings. The van der Waals surface area contributed by atoms with E-state index in [2.05, 4.69) is 43.0 Å². The Morgan fingerprint density at radius 3 is 2.75 bits per heavy atom. The van der Waals surface area contributed by atoms with Crippen molar-refractivity contribution >= 4 is 28.4 Å². The summed E-state index contributed by atoms with van der Waals surface area (Å²) in [5.74, 6) is 1.55. The Balaban J connectivity index is 2.52. The summed E-state index contributed by atoms with van der Waals surface area (Å²) in [7, 11) is 3.74. The molecule has 0 saturated heterocycles. The second-order valence-corrected chi connectivity index (χ2v) is 4.60. The zero-order valence-corrected chi connectivity index (χ0v) is 11.5. The van der Waals surface area contributed by atoms with E-state index in [1.165, 1.54) is 0 Å². The van der Waals surface area contributed by atoms with Crippen molar-refractivity contribution in [3.63, 3.8) is 0 Å². The van der Waals surface area contributed by atoms with Crippen LogP contribution in [0.3, 0.4) is 0 Å². The maximum atomic E-state index is 4.45. The Hall–Kier alpha value is -1.18. The molecule has 0 spiro atoms. The molecule has 2 rings (SSSR count). The topological polar surface area (TPSA) is 55.6 Å². The van der Waals surface area contributed by atoms with E-state index in [9.17, 15) is 0 Å². The van der Waals surface area contributed by atoms with Gasteiger partial charge in [0, 0.05) is 26.5 Å². The van der Waals surface area contributed by atoms with Crippen LogP contribution in [0, 0.1) is 10.5 Å². The van der Waals surface area contributed by atoms with E-state index >= 15 is 0 Å². The predicted molar refractivity (Wildman–Crippen MR) is 71.2 cm³/mol. The monoisotopic (exact) mass is 329 g/mol. The first-order chi connectivity index (χ1) is 7.61. The van der Waals surface area contributed by atoms with Gasteiger partial charge in [-0.3, -0.25) is 4.68 Å². The Labute approximate surface area is 107 Å². The average molecular weight is 329 g/mol. The summed E-state index contributed by atoms with van der Waals surface area (Å²) in [5, 5.41) is 7.33. The number of aryl methyl sites for hydroxylation is 2. The average Bonchev–Trinajstić information content (AvgIpc) is 2.59. The molecule has 0 aliphatic rings. The van der Waals surface area contributed by atoms with E-state index in [-0.39, 0.29) is 0 Å². The summed E-state index contributed by atoms with van der Waals surface area (Å²) in [4.78, 5) is 8.77. The lowest BCUT2D eigenvalue weighted by molar-refractivity contribution is 0.756. The molecule has 1 N–H and O–H groups in total. The second kappa shape index (κ2) is 4.36. The fraction of sp³-hybridized carbons (Fsp3) is 0.300. The van der Waals surface area contributed by atoms with Crippen LogP contribution in [0.4, 0.5) is 5.82 Å². The van der Waals surface area contributed by atoms with Gasteiger partial charge < -0.3 is 5.32 Å². The van der Waals surface area contributed by atoms with Gasteiger partial charge in [-0.2, -0.15) is 5.10 Å². The van der Waals surface area contributed by atoms with Crippen molar-refractivity contribution < 1.29 is 0 Å². The first kappa shape index (κ1) is 11.3. The quantitative estimate of drug-likeness (QED) is 0.854. The predicted octanol–water partition coefficient (Wildman–Crippen LogP) is 1.83. The molecule has 0 aliphatic carbocycles. The van der Waals surface area contributed by atoms with Gasteiger partial charge in [-0.25, -0.2) is 9.97 Å². The minimum absolute atomic E-state index is 0.704. The van der Waals surface area contributed by atoms with E-state index < -0.39 is 0 Å². The molecule has 0 unspecified atom stereocenters. The van der Waals surface area contributed by atoms with Gasteiger partial charge in [0.05, 0.1) is 14.8 Å². The Morgan fingerprint density at radius 1 is 1.44 bits per heavy atom. The summed E-state index contributed by atoms with van der Waals surface area (Å²) >= 11 is 2.20. The largest absolute Gasteiger partial charge is 0.372 e. The SMILES string of the molecule is CNc1nc(-c2cn(C)nc2C)ncc1I. The summed E-state index contributed by atoms with van der Waals surface area (Å²) in [6.45, 7) is 1.95. The van der Waals surface area contributed by atoms with Crippen molar-refractivity contribution in [2.24, 2.45) is 7.05 Å². The molecule has 16 heavy (non-hydrogen) atoms. The lowest BCUT2D eigenvalue weighted by atomic mass is 10.2. The van der Waals surface area contributed by atoms with Crippen molar-refractivity contribution in [3.8, 4) is 11.4 Å². The van der Waals surface area contributed by atoms with Gasteiger partial charge in [0.25, 0.3) is 0 Å². The number of nitrogens with one attached hydrogen (secondary N) is 1. The van der Waals surface area contributed by atoms with Crippen molar-refractivity contribution in [2.45, 2.75) is 6.92 Å². The van der Waals surface area contributed by atoms with Crippen LogP contribution in [0.5, 0.6) is 0 Å². The molecule has 0 amide bonds. The van der Waals surface area contributed by atoms with Crippen LogP contribution in [0.15, 0.2) is 12.4 Å². The van der Waals surface area contributed by atoms with E-state index in [0.717, 1.165) is 20.6 Å². The molecule has 2 heterocycles. The van der Waals surface area contributed by atoms with Crippen LogP contribution < -0.4 is 5.32 Å². The van der Waals surface area contributed by atoms with Crippen LogP contribution >= 0.6 is 22.6 Å². The number of anilines is 1. The van der Waals surface area contributed by atoms with Crippen molar-refractivity contribution in [2.75, 3.05) is 12.4 Å². The Bertz CT molecular complexity index is 520. The third-order valence-corrected chi connectivity index (χ3v) is 3.02. The molecule has 0 aliphatic heterocycles. The Kier molecular flexibility index (Phi) is 3.08. The second-order valence-electron chi connectivity index (χ2n) is 3.44. The highest BCUT2D eigenvalue weighted by atomic mass is 127. The summed E-state index contributed by atoms with van der Waals surface area (Å²) in [6.07, 6.45) is 3.73. The number of nitrogens with zero attached hydrogens (tertiary/aromatic N) is 4. The third-order valence-electron chi connectivity index (χ3n) is 2.24. The highest BCUT2D eigenvalue weighted by molar-refractivity contribution is 14.1. The summed E-state index contributed by atoms with van der Waals surface area (Å²) < 4.78 is 2.77. The van der Waals surface area contributed by atoms with Crippen molar-refractivity contribution in [3.05, 3.63) is 21.7 Å². The molecule has 0 aromatic carbocycles. The zero-order valence-electron chi connectivity index (χ0n) is 9.32. The summed E-state index contributed by atoms with van der Waals surface area (Å²) in [5.41, 5.74) is 1.90. The van der Waals surface area contributed by atoms with Crippen LogP contribution in [0.1, 0.15) is 5.69 Å². The Morgan fingerprint density at radius 2 is 2.19 bits per heavy atom. The molecule has 5 nitrogen and oxygen atoms in total. The highest BCUT2D eigenvalue weighted by Gasteiger charge is 2.10. The molecular formula is C10H12IN5. The maximum Gasteiger partial charge on any atom is 0.165 e. The van der Waals surface area contributed by atoms with E-state index in [0.29, 0.717) is 5.82 Å². The number of aromatic nitrogens is 4. The number of halogens is 1. The lowest BCUT2D eigenvalue weighted by Crippen LogP contribution is -1.99. The van der Waals surface area contributed by atoms with Crippen molar-refractivity contribution in [1.82, 2.24) is 19.7 Å². The van der Waals surface area contributed by atoms with Gasteiger partial charge in [-0.15, -0.1) is 0 Å². The molecule has 2 aromatic rings. The third kappa shape index (κ3) is 2.01. The number of rotatable bonds is 2. The van der Waals surface area contributed by atoms with E-state index in [1.807, 2.05) is 27.2 Å². The van der Waals surface area contributed by atoms with Crippen LogP contribution in [-0.2, 0) is 7.05 Å². The smallest absolute Gasteiger partial charge is 0.165 e. The van der Waals surface area contributed by atoms with Gasteiger partial charge in [0.1, 0.15) is 5.82 Å². The maximum absolute atomic E-state index is 4.45. The molecule has 0 bridgehead atoms. The van der Waals surface area contributed by atoms with Gasteiger partial charge in [0.15, 0.2) is 5.82 Å². The molecule has 84 valence electrons. The molecule has 6 heteroatoms. The minimum Gasteiger partial charge on any atom is -0.372 e. The normalized spacial score (nSPS) is 10.5. The molecule has 0 radical (unpaired) electrons. The zero-order chi connectivity index (χ0) is 11.7. The van der Waals surface area contributed by atoms with Gasteiger partial charge >= 0.3 is 0 Å². The number of hydrogen-bond acceptors (Lipinski definition) is 4. The molecular weight excluding hydrogens is 317 g/mol. The number of hydrogen-bond donors (Lipinski definition) is 1. The fourth-order valence-electron chi connectivity index (χ4n) is 1.49. The van der Waals surface area contributed by atoms with Crippen molar-refractivity contribution in [1.29, 1.82) is 0 Å². The first-order valence-electron chi connectivity index (χ1n) is 4.82.